The number of aryl methyl sites for hydroxylation is 2. The van der Waals surface area contributed by atoms with Crippen LogP contribution < -0.4 is 10.2 Å². The Morgan fingerprint density at radius 3 is 2.51 bits per heavy atom. The topological polar surface area (TPSA) is 61.4 Å². The quantitative estimate of drug-likeness (QED) is 0.371. The van der Waals surface area contributed by atoms with Crippen LogP contribution in [0.1, 0.15) is 34.7 Å². The molecule has 0 atom stereocenters. The van der Waals surface area contributed by atoms with Crippen molar-refractivity contribution in [1.29, 1.82) is 0 Å². The van der Waals surface area contributed by atoms with E-state index in [1.54, 1.807) is 16.2 Å². The second-order valence-corrected chi connectivity index (χ2v) is 10.6. The molecule has 190 valence electrons. The Morgan fingerprint density at radius 2 is 1.73 bits per heavy atom. The average Bonchev–Trinajstić information content (AvgIpc) is 3.29. The number of piperazine rings is 1. The molecule has 9 heteroatoms. The Kier molecular flexibility index (Phi) is 6.46. The molecule has 1 aliphatic carbocycles. The van der Waals surface area contributed by atoms with Gasteiger partial charge in [-0.15, -0.1) is 11.3 Å². The molecule has 1 saturated heterocycles. The molecule has 0 bridgehead atoms. The minimum atomic E-state index is -0.985. The van der Waals surface area contributed by atoms with E-state index in [1.807, 2.05) is 18.2 Å². The van der Waals surface area contributed by atoms with Gasteiger partial charge in [-0.25, -0.2) is 23.5 Å². The first-order valence-corrected chi connectivity index (χ1v) is 13.5. The molecule has 0 saturated carbocycles. The number of hydrogen-bond acceptors (Lipinski definition) is 5. The van der Waals surface area contributed by atoms with Crippen molar-refractivity contribution in [2.75, 3.05) is 36.4 Å². The van der Waals surface area contributed by atoms with E-state index in [9.17, 15) is 13.6 Å². The molecule has 4 aromatic rings. The Morgan fingerprint density at radius 1 is 0.946 bits per heavy atom. The largest absolute Gasteiger partial charge is 0.352 e. The van der Waals surface area contributed by atoms with Crippen LogP contribution in [0, 0.1) is 11.6 Å². The minimum Gasteiger partial charge on any atom is -0.352 e. The van der Waals surface area contributed by atoms with Crippen molar-refractivity contribution in [2.45, 2.75) is 32.1 Å². The van der Waals surface area contributed by atoms with Gasteiger partial charge in [0.05, 0.1) is 5.39 Å². The monoisotopic (exact) mass is 519 g/mol. The Hall–Kier alpha value is -3.59. The SMILES string of the molecule is O=C(Nc1ccc(F)c(F)c1)N1CCN(c2nc(Cc3ccccc3)nc3sc4c(c23)CCCC4)CC1. The van der Waals surface area contributed by atoms with Gasteiger partial charge in [0, 0.05) is 49.2 Å². The summed E-state index contributed by atoms with van der Waals surface area (Å²) in [6, 6.07) is 13.3. The fourth-order valence-electron chi connectivity index (χ4n) is 5.17. The predicted molar refractivity (Wildman–Crippen MR) is 142 cm³/mol. The first-order valence-electron chi connectivity index (χ1n) is 12.7. The summed E-state index contributed by atoms with van der Waals surface area (Å²) in [5, 5.41) is 3.85. The average molecular weight is 520 g/mol. The summed E-state index contributed by atoms with van der Waals surface area (Å²) in [5.74, 6) is -0.146. The van der Waals surface area contributed by atoms with Crippen LogP contribution in [0.3, 0.4) is 0 Å². The molecule has 37 heavy (non-hydrogen) atoms. The first-order chi connectivity index (χ1) is 18.0. The van der Waals surface area contributed by atoms with Gasteiger partial charge in [-0.2, -0.15) is 0 Å². The molecule has 6 nitrogen and oxygen atoms in total. The van der Waals surface area contributed by atoms with Gasteiger partial charge in [-0.3, -0.25) is 0 Å². The van der Waals surface area contributed by atoms with E-state index < -0.39 is 11.6 Å². The third-order valence-corrected chi connectivity index (χ3v) is 8.27. The van der Waals surface area contributed by atoms with E-state index >= 15 is 0 Å². The number of amides is 2. The second-order valence-electron chi connectivity index (χ2n) is 9.55. The number of hydrogen-bond donors (Lipinski definition) is 1. The van der Waals surface area contributed by atoms with Gasteiger partial charge in [0.25, 0.3) is 0 Å². The fourth-order valence-corrected chi connectivity index (χ4v) is 6.44. The number of urea groups is 1. The second kappa shape index (κ2) is 10.0. The highest BCUT2D eigenvalue weighted by molar-refractivity contribution is 7.19. The van der Waals surface area contributed by atoms with Crippen LogP contribution in [0.25, 0.3) is 10.2 Å². The number of nitrogens with zero attached hydrogens (tertiary/aromatic N) is 4. The summed E-state index contributed by atoms with van der Waals surface area (Å²) in [7, 11) is 0. The van der Waals surface area contributed by atoms with Gasteiger partial charge in [0.1, 0.15) is 16.5 Å². The molecule has 2 aromatic carbocycles. The lowest BCUT2D eigenvalue weighted by molar-refractivity contribution is 0.208. The molecule has 1 N–H and O–H groups in total. The maximum atomic E-state index is 13.5. The number of carbonyl (C=O) groups is 1. The van der Waals surface area contributed by atoms with E-state index in [1.165, 1.54) is 40.3 Å². The van der Waals surface area contributed by atoms with Crippen LogP contribution in [-0.2, 0) is 19.3 Å². The molecule has 3 heterocycles. The number of thiophene rings is 1. The van der Waals surface area contributed by atoms with Crippen LogP contribution >= 0.6 is 11.3 Å². The summed E-state index contributed by atoms with van der Waals surface area (Å²) in [4.78, 5) is 29.3. The predicted octanol–water partition coefficient (Wildman–Crippen LogP) is 5.79. The third kappa shape index (κ3) is 4.87. The standard InChI is InChI=1S/C28H27F2N5OS/c29-21-11-10-19(17-22(21)30)31-28(36)35-14-12-34(13-15-35)26-25-20-8-4-5-9-23(20)37-27(25)33-24(32-26)16-18-6-2-1-3-7-18/h1-3,6-7,10-11,17H,4-5,8-9,12-16H2,(H,31,36). The highest BCUT2D eigenvalue weighted by atomic mass is 32.1. The molecule has 2 aromatic heterocycles. The lowest BCUT2D eigenvalue weighted by Crippen LogP contribution is -2.50. The number of rotatable bonds is 4. The summed E-state index contributed by atoms with van der Waals surface area (Å²) in [5.41, 5.74) is 2.80. The van der Waals surface area contributed by atoms with Gasteiger partial charge in [0.15, 0.2) is 11.6 Å². The molecule has 2 amide bonds. The molecular weight excluding hydrogens is 492 g/mol. The molecule has 0 spiro atoms. The smallest absolute Gasteiger partial charge is 0.321 e. The lowest BCUT2D eigenvalue weighted by Gasteiger charge is -2.36. The summed E-state index contributed by atoms with van der Waals surface area (Å²) in [6.45, 7) is 2.27. The number of anilines is 2. The van der Waals surface area contributed by atoms with E-state index in [0.717, 1.165) is 41.4 Å². The zero-order valence-electron chi connectivity index (χ0n) is 20.3. The molecule has 0 radical (unpaired) electrons. The molecule has 1 aliphatic heterocycles. The maximum absolute atomic E-state index is 13.5. The van der Waals surface area contributed by atoms with Gasteiger partial charge in [-0.1, -0.05) is 30.3 Å². The minimum absolute atomic E-state index is 0.235. The summed E-state index contributed by atoms with van der Waals surface area (Å²) >= 11 is 1.80. The third-order valence-electron chi connectivity index (χ3n) is 7.08. The van der Waals surface area contributed by atoms with Gasteiger partial charge < -0.3 is 15.1 Å². The molecule has 2 aliphatic rings. The fraction of sp³-hybridized carbons (Fsp3) is 0.321. The molecule has 6 rings (SSSR count). The van der Waals surface area contributed by atoms with E-state index in [0.29, 0.717) is 32.6 Å². The number of nitrogens with one attached hydrogen (secondary N) is 1. The Labute approximate surface area is 218 Å². The van der Waals surface area contributed by atoms with Gasteiger partial charge in [-0.05, 0) is 48.9 Å². The van der Waals surface area contributed by atoms with Crippen LogP contribution in [-0.4, -0.2) is 47.1 Å². The van der Waals surface area contributed by atoms with E-state index in [-0.39, 0.29) is 11.7 Å². The van der Waals surface area contributed by atoms with Crippen molar-refractivity contribution in [3.05, 3.63) is 82.0 Å². The first kappa shape index (κ1) is 23.8. The van der Waals surface area contributed by atoms with E-state index in [4.69, 9.17) is 9.97 Å². The summed E-state index contributed by atoms with van der Waals surface area (Å²) < 4.78 is 26.8. The van der Waals surface area contributed by atoms with Gasteiger partial charge in [0.2, 0.25) is 0 Å². The van der Waals surface area contributed by atoms with Crippen LogP contribution in [0.15, 0.2) is 48.5 Å². The Bertz CT molecular complexity index is 1450. The number of benzene rings is 2. The van der Waals surface area contributed by atoms with Crippen molar-refractivity contribution in [1.82, 2.24) is 14.9 Å². The van der Waals surface area contributed by atoms with Gasteiger partial charge >= 0.3 is 6.03 Å². The lowest BCUT2D eigenvalue weighted by atomic mass is 9.96. The van der Waals surface area contributed by atoms with Crippen LogP contribution in [0.2, 0.25) is 0 Å². The van der Waals surface area contributed by atoms with Crippen molar-refractivity contribution >= 4 is 39.1 Å². The van der Waals surface area contributed by atoms with Crippen molar-refractivity contribution in [3.8, 4) is 0 Å². The van der Waals surface area contributed by atoms with Crippen molar-refractivity contribution in [2.24, 2.45) is 0 Å². The highest BCUT2D eigenvalue weighted by Crippen LogP contribution is 2.40. The van der Waals surface area contributed by atoms with Crippen LogP contribution in [0.5, 0.6) is 0 Å². The van der Waals surface area contributed by atoms with Crippen LogP contribution in [0.4, 0.5) is 25.1 Å². The number of aromatic nitrogens is 2. The Balaban J connectivity index is 1.24. The number of halogens is 2. The van der Waals surface area contributed by atoms with Crippen molar-refractivity contribution < 1.29 is 13.6 Å². The molecule has 1 fully saturated rings. The highest BCUT2D eigenvalue weighted by Gasteiger charge is 2.27. The number of fused-ring (bicyclic) bond motifs is 3. The normalized spacial score (nSPS) is 15.6. The molecule has 0 unspecified atom stereocenters. The zero-order chi connectivity index (χ0) is 25.4. The zero-order valence-corrected chi connectivity index (χ0v) is 21.2. The number of carbonyl (C=O) groups excluding carboxylic acids is 1. The van der Waals surface area contributed by atoms with E-state index in [2.05, 4.69) is 22.3 Å². The summed E-state index contributed by atoms with van der Waals surface area (Å²) in [6.07, 6.45) is 5.22. The molecular formula is C28H27F2N5OS. The van der Waals surface area contributed by atoms with Crippen molar-refractivity contribution in [3.63, 3.8) is 0 Å². The maximum Gasteiger partial charge on any atom is 0.321 e.